The van der Waals surface area contributed by atoms with Crippen LogP contribution >= 0.6 is 0 Å². The Balaban J connectivity index is 2.02. The Labute approximate surface area is 143 Å². The molecule has 2 rings (SSSR count). The minimum absolute atomic E-state index is 0.0960. The molecule has 0 fully saturated rings. The molecule has 4 heteroatoms. The maximum absolute atomic E-state index is 12.4. The lowest BCUT2D eigenvalue weighted by Gasteiger charge is -2.26. The number of hydrogen-bond donors (Lipinski definition) is 2. The lowest BCUT2D eigenvalue weighted by Crippen LogP contribution is -2.41. The van der Waals surface area contributed by atoms with Crippen LogP contribution in [0.15, 0.2) is 54.6 Å². The maximum atomic E-state index is 12.4. The quantitative estimate of drug-likeness (QED) is 0.849. The van der Waals surface area contributed by atoms with E-state index in [9.17, 15) is 4.79 Å². The molecule has 0 aliphatic heterocycles. The van der Waals surface area contributed by atoms with Crippen LogP contribution in [0.4, 0.5) is 5.69 Å². The van der Waals surface area contributed by atoms with Crippen LogP contribution in [-0.2, 0) is 4.79 Å². The fourth-order valence-electron chi connectivity index (χ4n) is 2.56. The second-order valence-electron chi connectivity index (χ2n) is 6.20. The second kappa shape index (κ2) is 8.28. The summed E-state index contributed by atoms with van der Waals surface area (Å²) in [6.45, 7) is 6.13. The maximum Gasteiger partial charge on any atom is 0.241 e. The summed E-state index contributed by atoms with van der Waals surface area (Å²) in [6, 6.07) is 18.8. The molecule has 0 aromatic heterocycles. The molecule has 0 saturated heterocycles. The van der Waals surface area contributed by atoms with Crippen LogP contribution in [-0.4, -0.2) is 11.9 Å². The number of carbonyl (C=O) groups is 1. The van der Waals surface area contributed by atoms with Gasteiger partial charge in [0.05, 0.1) is 17.7 Å². The summed E-state index contributed by atoms with van der Waals surface area (Å²) in [6.07, 6.45) is 0. The molecular weight excluding hydrogens is 298 g/mol. The molecule has 0 saturated carbocycles. The van der Waals surface area contributed by atoms with Gasteiger partial charge >= 0.3 is 0 Å². The van der Waals surface area contributed by atoms with Crippen molar-refractivity contribution >= 4 is 11.6 Å². The van der Waals surface area contributed by atoms with Crippen molar-refractivity contribution < 1.29 is 4.79 Å². The Morgan fingerprint density at radius 3 is 2.17 bits per heavy atom. The molecule has 0 spiro atoms. The number of rotatable bonds is 6. The highest BCUT2D eigenvalue weighted by Gasteiger charge is 2.21. The van der Waals surface area contributed by atoms with Gasteiger partial charge in [-0.2, -0.15) is 5.26 Å². The Hall–Kier alpha value is -2.64. The lowest BCUT2D eigenvalue weighted by molar-refractivity contribution is -0.118. The van der Waals surface area contributed by atoms with Crippen LogP contribution in [0.5, 0.6) is 0 Å². The molecule has 1 amide bonds. The Morgan fingerprint density at radius 2 is 1.62 bits per heavy atom. The van der Waals surface area contributed by atoms with Crippen LogP contribution in [0.1, 0.15) is 37.9 Å². The molecule has 124 valence electrons. The number of amides is 1. The van der Waals surface area contributed by atoms with Crippen LogP contribution in [0.2, 0.25) is 0 Å². The zero-order valence-corrected chi connectivity index (χ0v) is 14.3. The highest BCUT2D eigenvalue weighted by atomic mass is 16.2. The summed E-state index contributed by atoms with van der Waals surface area (Å²) in [5, 5.41) is 15.1. The van der Waals surface area contributed by atoms with Crippen molar-refractivity contribution in [1.82, 2.24) is 5.32 Å². The van der Waals surface area contributed by atoms with Gasteiger partial charge in [-0.3, -0.25) is 10.1 Å². The van der Waals surface area contributed by atoms with E-state index in [2.05, 4.69) is 42.7 Å². The molecule has 2 N–H and O–H groups in total. The first-order valence-corrected chi connectivity index (χ1v) is 8.13. The molecule has 0 unspecified atom stereocenters. The van der Waals surface area contributed by atoms with Gasteiger partial charge in [0.2, 0.25) is 5.91 Å². The average molecular weight is 321 g/mol. The van der Waals surface area contributed by atoms with Gasteiger partial charge in [-0.1, -0.05) is 44.2 Å². The van der Waals surface area contributed by atoms with Gasteiger partial charge in [-0.25, -0.2) is 0 Å². The predicted molar refractivity (Wildman–Crippen MR) is 96.4 cm³/mol. The van der Waals surface area contributed by atoms with E-state index in [1.807, 2.05) is 25.1 Å². The summed E-state index contributed by atoms with van der Waals surface area (Å²) < 4.78 is 0. The molecule has 2 atom stereocenters. The van der Waals surface area contributed by atoms with Gasteiger partial charge in [0.25, 0.3) is 0 Å². The van der Waals surface area contributed by atoms with Crippen LogP contribution in [0.25, 0.3) is 0 Å². The van der Waals surface area contributed by atoms with Gasteiger partial charge in [0, 0.05) is 11.7 Å². The fourth-order valence-corrected chi connectivity index (χ4v) is 2.56. The van der Waals surface area contributed by atoms with Crippen molar-refractivity contribution in [2.45, 2.75) is 32.9 Å². The van der Waals surface area contributed by atoms with E-state index in [1.54, 1.807) is 24.3 Å². The van der Waals surface area contributed by atoms with E-state index in [4.69, 9.17) is 5.26 Å². The average Bonchev–Trinajstić information content (AvgIpc) is 2.60. The van der Waals surface area contributed by atoms with Crippen molar-refractivity contribution in [3.05, 3.63) is 65.7 Å². The van der Waals surface area contributed by atoms with Crippen molar-refractivity contribution in [3.8, 4) is 6.07 Å². The second-order valence-corrected chi connectivity index (χ2v) is 6.20. The van der Waals surface area contributed by atoms with Crippen LogP contribution < -0.4 is 10.6 Å². The monoisotopic (exact) mass is 321 g/mol. The largest absolute Gasteiger partial charge is 0.325 e. The first kappa shape index (κ1) is 17.7. The summed E-state index contributed by atoms with van der Waals surface area (Å²) in [7, 11) is 0. The molecule has 0 bridgehead atoms. The number of anilines is 1. The molecule has 0 aliphatic rings. The van der Waals surface area contributed by atoms with E-state index in [0.717, 1.165) is 0 Å². The first-order valence-electron chi connectivity index (χ1n) is 8.13. The Bertz CT molecular complexity index is 702. The standard InChI is InChI=1S/C20H23N3O/c1-14(2)19(17-7-5-4-6-8-17)22-15(3)20(24)23-18-11-9-16(13-21)10-12-18/h4-12,14-15,19,22H,1-3H3,(H,23,24)/t15-,19-/m0/s1. The van der Waals surface area contributed by atoms with Crippen molar-refractivity contribution in [3.63, 3.8) is 0 Å². The minimum atomic E-state index is -0.340. The van der Waals surface area contributed by atoms with Crippen LogP contribution in [0, 0.1) is 17.2 Å². The Kier molecular flexibility index (Phi) is 6.11. The molecule has 2 aromatic rings. The summed E-state index contributed by atoms with van der Waals surface area (Å²) in [5.41, 5.74) is 2.43. The summed E-state index contributed by atoms with van der Waals surface area (Å²) in [4.78, 5) is 12.4. The van der Waals surface area contributed by atoms with Crippen molar-refractivity contribution in [1.29, 1.82) is 5.26 Å². The van der Waals surface area contributed by atoms with Crippen LogP contribution in [0.3, 0.4) is 0 Å². The number of hydrogen-bond acceptors (Lipinski definition) is 3. The number of nitriles is 1. The number of benzene rings is 2. The third-order valence-electron chi connectivity index (χ3n) is 3.93. The molecular formula is C20H23N3O. The van der Waals surface area contributed by atoms with E-state index in [1.165, 1.54) is 5.56 Å². The highest BCUT2D eigenvalue weighted by molar-refractivity contribution is 5.94. The number of nitrogens with zero attached hydrogens (tertiary/aromatic N) is 1. The third kappa shape index (κ3) is 4.68. The van der Waals surface area contributed by atoms with E-state index >= 15 is 0 Å². The molecule has 2 aromatic carbocycles. The predicted octanol–water partition coefficient (Wildman–Crippen LogP) is 3.87. The van der Waals surface area contributed by atoms with Gasteiger partial charge in [-0.05, 0) is 42.7 Å². The molecule has 0 radical (unpaired) electrons. The zero-order chi connectivity index (χ0) is 17.5. The SMILES string of the molecule is CC(C)[C@H](N[C@@H](C)C(=O)Nc1ccc(C#N)cc1)c1ccccc1. The highest BCUT2D eigenvalue weighted by Crippen LogP contribution is 2.22. The molecule has 24 heavy (non-hydrogen) atoms. The molecule has 4 nitrogen and oxygen atoms in total. The van der Waals surface area contributed by atoms with E-state index in [-0.39, 0.29) is 18.0 Å². The first-order chi connectivity index (χ1) is 11.5. The molecule has 0 aliphatic carbocycles. The van der Waals surface area contributed by atoms with Gasteiger partial charge < -0.3 is 5.32 Å². The number of nitrogens with one attached hydrogen (secondary N) is 2. The van der Waals surface area contributed by atoms with Gasteiger partial charge in [0.15, 0.2) is 0 Å². The topological polar surface area (TPSA) is 64.9 Å². The van der Waals surface area contributed by atoms with E-state index < -0.39 is 0 Å². The minimum Gasteiger partial charge on any atom is -0.325 e. The Morgan fingerprint density at radius 1 is 1.00 bits per heavy atom. The summed E-state index contributed by atoms with van der Waals surface area (Å²) in [5.74, 6) is 0.263. The van der Waals surface area contributed by atoms with Gasteiger partial charge in [-0.15, -0.1) is 0 Å². The number of carbonyl (C=O) groups excluding carboxylic acids is 1. The summed E-state index contributed by atoms with van der Waals surface area (Å²) >= 11 is 0. The molecule has 0 heterocycles. The smallest absolute Gasteiger partial charge is 0.241 e. The van der Waals surface area contributed by atoms with Gasteiger partial charge in [0.1, 0.15) is 0 Å². The normalized spacial score (nSPS) is 13.1. The van der Waals surface area contributed by atoms with Crippen molar-refractivity contribution in [2.24, 2.45) is 5.92 Å². The third-order valence-corrected chi connectivity index (χ3v) is 3.93. The van der Waals surface area contributed by atoms with E-state index in [0.29, 0.717) is 17.2 Å². The fraction of sp³-hybridized carbons (Fsp3) is 0.300. The van der Waals surface area contributed by atoms with Crippen molar-refractivity contribution in [2.75, 3.05) is 5.32 Å². The lowest BCUT2D eigenvalue weighted by atomic mass is 9.95. The zero-order valence-electron chi connectivity index (χ0n) is 14.3.